The second kappa shape index (κ2) is 7.60. The monoisotopic (exact) mass is 526 g/mol. The van der Waals surface area contributed by atoms with E-state index >= 15 is 0 Å². The van der Waals surface area contributed by atoms with Crippen molar-refractivity contribution in [2.45, 2.75) is 27.7 Å². The Morgan fingerprint density at radius 3 is 2.76 bits per heavy atom. The van der Waals surface area contributed by atoms with Crippen LogP contribution in [0.5, 0.6) is 0 Å². The van der Waals surface area contributed by atoms with Gasteiger partial charge in [0.1, 0.15) is 0 Å². The van der Waals surface area contributed by atoms with Crippen molar-refractivity contribution in [2.75, 3.05) is 0 Å². The first-order valence-electron chi connectivity index (χ1n) is 9.17. The fourth-order valence-corrected chi connectivity index (χ4v) is 6.21. The molecule has 7 nitrogen and oxygen atoms in total. The lowest BCUT2D eigenvalue weighted by Gasteiger charge is -2.35. The van der Waals surface area contributed by atoms with E-state index in [1.54, 1.807) is 0 Å². The Hall–Kier alpha value is -2.14. The standard InChI is InChI=1S/C20H19IN2O5S/c21-17-8-7-15-16(17)10-11-3-2-6-14(11)18(15)22-20(26)23-29(27,28)13-5-1-4-12(9-13)19(24)25/h1-6,9-10,14-15,17-18H,7-8H2,(H,24,25)(H2,22,23,26). The molecule has 152 valence electrons. The molecule has 3 N–H and O–H groups in total. The van der Waals surface area contributed by atoms with Crippen LogP contribution in [-0.4, -0.2) is 35.5 Å². The molecule has 1 fully saturated rings. The summed E-state index contributed by atoms with van der Waals surface area (Å²) in [6.45, 7) is 0. The summed E-state index contributed by atoms with van der Waals surface area (Å²) in [5.41, 5.74) is 2.25. The maximum absolute atomic E-state index is 12.6. The van der Waals surface area contributed by atoms with Gasteiger partial charge in [0.05, 0.1) is 10.5 Å². The number of carboxylic acids is 1. The second-order valence-electron chi connectivity index (χ2n) is 7.31. The molecule has 29 heavy (non-hydrogen) atoms. The average Bonchev–Trinajstić information content (AvgIpc) is 3.28. The number of benzene rings is 1. The highest BCUT2D eigenvalue weighted by Gasteiger charge is 2.43. The molecule has 0 aliphatic heterocycles. The van der Waals surface area contributed by atoms with Crippen molar-refractivity contribution in [3.8, 4) is 0 Å². The van der Waals surface area contributed by atoms with E-state index in [-0.39, 0.29) is 28.3 Å². The molecule has 2 amide bonds. The molecule has 1 aromatic rings. The molecule has 9 heteroatoms. The number of rotatable bonds is 4. The normalized spacial score (nSPS) is 27.5. The fraction of sp³-hybridized carbons (Fsp3) is 0.300. The fourth-order valence-electron chi connectivity index (χ4n) is 4.25. The maximum atomic E-state index is 12.6. The number of aromatic carboxylic acids is 1. The molecular weight excluding hydrogens is 507 g/mol. The second-order valence-corrected chi connectivity index (χ2v) is 10.5. The molecule has 0 aromatic heterocycles. The van der Waals surface area contributed by atoms with Gasteiger partial charge in [0.25, 0.3) is 10.0 Å². The van der Waals surface area contributed by atoms with E-state index in [1.807, 2.05) is 23.0 Å². The number of carbonyl (C=O) groups excluding carboxylic acids is 1. The SMILES string of the molecule is O=C(NC1C2C=CC=C2C=C2C(I)CCC21)NS(=O)(=O)c1cccc(C(=O)O)c1. The van der Waals surface area contributed by atoms with Crippen molar-refractivity contribution in [1.29, 1.82) is 0 Å². The van der Waals surface area contributed by atoms with E-state index in [4.69, 9.17) is 5.11 Å². The van der Waals surface area contributed by atoms with Crippen LogP contribution in [0.4, 0.5) is 4.79 Å². The van der Waals surface area contributed by atoms with Crippen LogP contribution in [0.1, 0.15) is 23.2 Å². The third kappa shape index (κ3) is 3.85. The number of allylic oxidation sites excluding steroid dienone is 3. The van der Waals surface area contributed by atoms with Crippen LogP contribution in [0.15, 0.2) is 64.6 Å². The van der Waals surface area contributed by atoms with Crippen molar-refractivity contribution in [3.05, 3.63) is 65.3 Å². The number of alkyl halides is 1. The molecule has 4 unspecified atom stereocenters. The molecule has 3 aliphatic carbocycles. The van der Waals surface area contributed by atoms with Gasteiger partial charge in [0, 0.05) is 21.8 Å². The molecule has 0 radical (unpaired) electrons. The highest BCUT2D eigenvalue weighted by atomic mass is 127. The molecule has 1 aromatic carbocycles. The van der Waals surface area contributed by atoms with Gasteiger partial charge in [0.2, 0.25) is 0 Å². The molecule has 1 saturated carbocycles. The van der Waals surface area contributed by atoms with Crippen molar-refractivity contribution in [3.63, 3.8) is 0 Å². The third-order valence-electron chi connectivity index (χ3n) is 5.58. The number of sulfonamides is 1. The summed E-state index contributed by atoms with van der Waals surface area (Å²) in [5, 5.41) is 11.9. The number of carboxylic acid groups (broad SMARTS) is 1. The molecule has 4 rings (SSSR count). The third-order valence-corrected chi connectivity index (χ3v) is 8.25. The predicted octanol–water partition coefficient (Wildman–Crippen LogP) is 3.01. The Kier molecular flexibility index (Phi) is 5.28. The maximum Gasteiger partial charge on any atom is 0.335 e. The van der Waals surface area contributed by atoms with Gasteiger partial charge < -0.3 is 10.4 Å². The quantitative estimate of drug-likeness (QED) is 0.413. The van der Waals surface area contributed by atoms with Crippen LogP contribution >= 0.6 is 22.6 Å². The van der Waals surface area contributed by atoms with Crippen molar-refractivity contribution in [2.24, 2.45) is 11.8 Å². The Labute approximate surface area is 182 Å². The van der Waals surface area contributed by atoms with E-state index in [9.17, 15) is 18.0 Å². The smallest absolute Gasteiger partial charge is 0.335 e. The van der Waals surface area contributed by atoms with Crippen LogP contribution in [0.2, 0.25) is 0 Å². The number of fused-ring (bicyclic) bond motifs is 2. The zero-order valence-electron chi connectivity index (χ0n) is 15.2. The van der Waals surface area contributed by atoms with Crippen molar-refractivity contribution < 1.29 is 23.1 Å². The average molecular weight is 526 g/mol. The largest absolute Gasteiger partial charge is 0.478 e. The summed E-state index contributed by atoms with van der Waals surface area (Å²) in [7, 11) is -4.20. The van der Waals surface area contributed by atoms with Gasteiger partial charge in [-0.15, -0.1) is 0 Å². The first-order chi connectivity index (χ1) is 13.8. The molecule has 0 saturated heterocycles. The molecule has 4 atom stereocenters. The zero-order chi connectivity index (χ0) is 20.8. The molecule has 3 aliphatic rings. The van der Waals surface area contributed by atoms with Crippen LogP contribution in [0.25, 0.3) is 0 Å². The Bertz CT molecular complexity index is 1080. The van der Waals surface area contributed by atoms with E-state index in [0.29, 0.717) is 3.92 Å². The summed E-state index contributed by atoms with van der Waals surface area (Å²) in [4.78, 5) is 23.4. The van der Waals surface area contributed by atoms with E-state index in [1.165, 1.54) is 23.8 Å². The lowest BCUT2D eigenvalue weighted by atomic mass is 9.76. The summed E-state index contributed by atoms with van der Waals surface area (Å²) in [6.07, 6.45) is 10.2. The number of urea groups is 1. The molecule has 0 bridgehead atoms. The van der Waals surface area contributed by atoms with E-state index < -0.39 is 22.0 Å². The van der Waals surface area contributed by atoms with Gasteiger partial charge in [-0.2, -0.15) is 0 Å². The Morgan fingerprint density at radius 2 is 2.00 bits per heavy atom. The Morgan fingerprint density at radius 1 is 1.21 bits per heavy atom. The van der Waals surface area contributed by atoms with E-state index in [2.05, 4.69) is 34.0 Å². The van der Waals surface area contributed by atoms with E-state index in [0.717, 1.165) is 24.5 Å². The first-order valence-corrected chi connectivity index (χ1v) is 11.9. The van der Waals surface area contributed by atoms with Gasteiger partial charge in [-0.05, 0) is 36.6 Å². The van der Waals surface area contributed by atoms with Crippen LogP contribution in [0, 0.1) is 11.8 Å². The molecular formula is C20H19IN2O5S. The van der Waals surface area contributed by atoms with Gasteiger partial charge in [-0.3, -0.25) is 0 Å². The number of carbonyl (C=O) groups is 2. The van der Waals surface area contributed by atoms with Gasteiger partial charge >= 0.3 is 12.0 Å². The minimum absolute atomic E-state index is 0.0224. The topological polar surface area (TPSA) is 113 Å². The van der Waals surface area contributed by atoms with Gasteiger partial charge in [0.15, 0.2) is 0 Å². The molecule has 0 heterocycles. The summed E-state index contributed by atoms with van der Waals surface area (Å²) >= 11 is 2.41. The predicted molar refractivity (Wildman–Crippen MR) is 115 cm³/mol. The van der Waals surface area contributed by atoms with Crippen molar-refractivity contribution in [1.82, 2.24) is 10.0 Å². The number of hydrogen-bond acceptors (Lipinski definition) is 4. The first kappa shape index (κ1) is 20.1. The zero-order valence-corrected chi connectivity index (χ0v) is 18.2. The summed E-state index contributed by atoms with van der Waals surface area (Å²) in [6, 6.07) is 3.86. The summed E-state index contributed by atoms with van der Waals surface area (Å²) in [5.74, 6) is -1.05. The number of halogens is 1. The minimum atomic E-state index is -4.20. The number of amides is 2. The Balaban J connectivity index is 1.53. The van der Waals surface area contributed by atoms with Gasteiger partial charge in [-0.25, -0.2) is 22.7 Å². The lowest BCUT2D eigenvalue weighted by molar-refractivity contribution is 0.0696. The number of hydrogen-bond donors (Lipinski definition) is 3. The van der Waals surface area contributed by atoms with Crippen molar-refractivity contribution >= 4 is 44.6 Å². The number of nitrogens with one attached hydrogen (secondary N) is 2. The lowest BCUT2D eigenvalue weighted by Crippen LogP contribution is -2.51. The highest BCUT2D eigenvalue weighted by Crippen LogP contribution is 2.47. The molecule has 0 spiro atoms. The van der Waals surface area contributed by atoms with Crippen LogP contribution in [-0.2, 0) is 10.0 Å². The highest BCUT2D eigenvalue weighted by molar-refractivity contribution is 14.1. The van der Waals surface area contributed by atoms with Gasteiger partial charge in [-0.1, -0.05) is 58.5 Å². The minimum Gasteiger partial charge on any atom is -0.478 e. The van der Waals surface area contributed by atoms with Crippen LogP contribution in [0.3, 0.4) is 0 Å². The summed E-state index contributed by atoms with van der Waals surface area (Å²) < 4.78 is 27.6. The van der Waals surface area contributed by atoms with Crippen LogP contribution < -0.4 is 10.0 Å².